The summed E-state index contributed by atoms with van der Waals surface area (Å²) in [5.74, 6) is -0.241. The van der Waals surface area contributed by atoms with Crippen molar-refractivity contribution in [2.75, 3.05) is 7.05 Å². The van der Waals surface area contributed by atoms with Crippen molar-refractivity contribution in [2.24, 2.45) is 5.41 Å². The molecule has 0 aromatic rings. The summed E-state index contributed by atoms with van der Waals surface area (Å²) in [6.45, 7) is 11.5. The number of likely N-dealkylation sites (N-methyl/N-ethyl adjacent to an activating group) is 1. The van der Waals surface area contributed by atoms with Crippen molar-refractivity contribution in [3.8, 4) is 0 Å². The Labute approximate surface area is 122 Å². The molecular weight excluding hydrogens is 256 g/mol. The van der Waals surface area contributed by atoms with Crippen LogP contribution in [0.1, 0.15) is 48.0 Å². The van der Waals surface area contributed by atoms with Gasteiger partial charge in [0.25, 0.3) is 0 Å². The molecule has 0 aliphatic heterocycles. The van der Waals surface area contributed by atoms with Crippen molar-refractivity contribution in [3.63, 3.8) is 0 Å². The van der Waals surface area contributed by atoms with Gasteiger partial charge in [-0.05, 0) is 32.6 Å². The minimum absolute atomic E-state index is 0.0408. The molecule has 0 radical (unpaired) electrons. The average molecular weight is 284 g/mol. The Morgan fingerprint density at radius 3 is 2.10 bits per heavy atom. The molecule has 0 bridgehead atoms. The SMILES string of the molecule is CNC(=O)C(C/C=C/C(C)(C)C)NC(=O)OC(C)(C)C. The van der Waals surface area contributed by atoms with Crippen LogP contribution in [0, 0.1) is 5.41 Å². The first-order valence-corrected chi connectivity index (χ1v) is 6.83. The van der Waals surface area contributed by atoms with Crippen LogP contribution in [0.4, 0.5) is 4.79 Å². The van der Waals surface area contributed by atoms with Crippen molar-refractivity contribution < 1.29 is 14.3 Å². The quantitative estimate of drug-likeness (QED) is 0.780. The lowest BCUT2D eigenvalue weighted by molar-refractivity contribution is -0.122. The van der Waals surface area contributed by atoms with Gasteiger partial charge in [0.05, 0.1) is 0 Å². The molecule has 116 valence electrons. The van der Waals surface area contributed by atoms with Gasteiger partial charge >= 0.3 is 6.09 Å². The van der Waals surface area contributed by atoms with E-state index >= 15 is 0 Å². The third-order valence-corrected chi connectivity index (χ3v) is 2.24. The van der Waals surface area contributed by atoms with Crippen molar-refractivity contribution in [3.05, 3.63) is 12.2 Å². The number of nitrogens with one attached hydrogen (secondary N) is 2. The molecule has 0 aromatic heterocycles. The number of rotatable bonds is 4. The summed E-state index contributed by atoms with van der Waals surface area (Å²) in [5, 5.41) is 5.12. The number of alkyl carbamates (subject to hydrolysis) is 1. The molecule has 0 heterocycles. The summed E-state index contributed by atoms with van der Waals surface area (Å²) >= 11 is 0. The first-order chi connectivity index (χ1) is 8.94. The standard InChI is InChI=1S/C15H28N2O3/c1-14(2,3)10-8-9-11(12(18)16-7)17-13(19)20-15(4,5)6/h8,10-11H,9H2,1-7H3,(H,16,18)(H,17,19)/b10-8+. The lowest BCUT2D eigenvalue weighted by Crippen LogP contribution is -2.47. The highest BCUT2D eigenvalue weighted by atomic mass is 16.6. The Morgan fingerprint density at radius 1 is 1.15 bits per heavy atom. The van der Waals surface area contributed by atoms with Crippen molar-refractivity contribution in [2.45, 2.75) is 59.6 Å². The van der Waals surface area contributed by atoms with Crippen LogP contribution in [0.5, 0.6) is 0 Å². The molecule has 0 aromatic carbocycles. The lowest BCUT2D eigenvalue weighted by Gasteiger charge is -2.22. The van der Waals surface area contributed by atoms with E-state index in [-0.39, 0.29) is 11.3 Å². The van der Waals surface area contributed by atoms with Gasteiger partial charge < -0.3 is 15.4 Å². The van der Waals surface area contributed by atoms with Crippen LogP contribution < -0.4 is 10.6 Å². The highest BCUT2D eigenvalue weighted by Gasteiger charge is 2.22. The molecule has 5 heteroatoms. The maximum atomic E-state index is 11.8. The molecule has 20 heavy (non-hydrogen) atoms. The van der Waals surface area contributed by atoms with E-state index in [9.17, 15) is 9.59 Å². The zero-order valence-corrected chi connectivity index (χ0v) is 13.7. The van der Waals surface area contributed by atoms with Gasteiger partial charge in [0.15, 0.2) is 0 Å². The monoisotopic (exact) mass is 284 g/mol. The predicted octanol–water partition coefficient (Wildman–Crippen LogP) is 2.62. The third kappa shape index (κ3) is 9.42. The highest BCUT2D eigenvalue weighted by molar-refractivity contribution is 5.85. The fourth-order valence-corrected chi connectivity index (χ4v) is 1.41. The number of carbonyl (C=O) groups is 2. The molecule has 0 rings (SSSR count). The highest BCUT2D eigenvalue weighted by Crippen LogP contribution is 2.15. The van der Waals surface area contributed by atoms with Crippen LogP contribution in [0.15, 0.2) is 12.2 Å². The van der Waals surface area contributed by atoms with Gasteiger partial charge in [0, 0.05) is 7.05 Å². The van der Waals surface area contributed by atoms with Gasteiger partial charge in [-0.25, -0.2) is 4.79 Å². The minimum atomic E-state index is -0.631. The average Bonchev–Trinajstić information content (AvgIpc) is 2.22. The van der Waals surface area contributed by atoms with Gasteiger partial charge in [-0.3, -0.25) is 4.79 Å². The van der Waals surface area contributed by atoms with E-state index in [0.29, 0.717) is 6.42 Å². The van der Waals surface area contributed by atoms with Crippen LogP contribution in [-0.2, 0) is 9.53 Å². The van der Waals surface area contributed by atoms with Crippen molar-refractivity contribution >= 4 is 12.0 Å². The normalized spacial score (nSPS) is 13.9. The Hall–Kier alpha value is -1.52. The maximum Gasteiger partial charge on any atom is 0.408 e. The van der Waals surface area contributed by atoms with Gasteiger partial charge in [-0.2, -0.15) is 0 Å². The van der Waals surface area contributed by atoms with Crippen LogP contribution in [0.3, 0.4) is 0 Å². The first kappa shape index (κ1) is 18.5. The summed E-state index contributed by atoms with van der Waals surface area (Å²) in [5.41, 5.74) is -0.544. The van der Waals surface area contributed by atoms with Crippen LogP contribution in [0.2, 0.25) is 0 Å². The molecule has 0 fully saturated rings. The molecule has 0 aliphatic rings. The van der Waals surface area contributed by atoms with Gasteiger partial charge in [0.2, 0.25) is 5.91 Å². The molecule has 1 atom stereocenters. The van der Waals surface area contributed by atoms with Gasteiger partial charge in [-0.15, -0.1) is 0 Å². The Kier molecular flexibility index (Phi) is 6.76. The molecule has 2 N–H and O–H groups in total. The van der Waals surface area contributed by atoms with E-state index in [2.05, 4.69) is 31.4 Å². The summed E-state index contributed by atoms with van der Waals surface area (Å²) in [6, 6.07) is -0.631. The predicted molar refractivity (Wildman–Crippen MR) is 80.4 cm³/mol. The molecular formula is C15H28N2O3. The molecule has 1 unspecified atom stereocenters. The largest absolute Gasteiger partial charge is 0.444 e. The molecule has 0 saturated carbocycles. The number of ether oxygens (including phenoxy) is 1. The molecule has 5 nitrogen and oxygen atoms in total. The van der Waals surface area contributed by atoms with E-state index in [1.807, 2.05) is 12.2 Å². The second kappa shape index (κ2) is 7.31. The third-order valence-electron chi connectivity index (χ3n) is 2.24. The van der Waals surface area contributed by atoms with Crippen LogP contribution in [-0.4, -0.2) is 30.7 Å². The van der Waals surface area contributed by atoms with E-state index < -0.39 is 17.7 Å². The van der Waals surface area contributed by atoms with E-state index in [1.165, 1.54) is 0 Å². The smallest absolute Gasteiger partial charge is 0.408 e. The number of allylic oxidation sites excluding steroid dienone is 1. The van der Waals surface area contributed by atoms with Crippen LogP contribution >= 0.6 is 0 Å². The van der Waals surface area contributed by atoms with Gasteiger partial charge in [-0.1, -0.05) is 32.9 Å². The summed E-state index contributed by atoms with van der Waals surface area (Å²) in [7, 11) is 1.54. The zero-order valence-electron chi connectivity index (χ0n) is 13.7. The summed E-state index contributed by atoms with van der Waals surface area (Å²) < 4.78 is 5.16. The van der Waals surface area contributed by atoms with Crippen LogP contribution in [0.25, 0.3) is 0 Å². The molecule has 0 aliphatic carbocycles. The topological polar surface area (TPSA) is 67.4 Å². The minimum Gasteiger partial charge on any atom is -0.444 e. The number of hydrogen-bond donors (Lipinski definition) is 2. The first-order valence-electron chi connectivity index (χ1n) is 6.83. The number of carbonyl (C=O) groups excluding carboxylic acids is 2. The lowest BCUT2D eigenvalue weighted by atomic mass is 9.95. The fraction of sp³-hybridized carbons (Fsp3) is 0.733. The maximum absolute atomic E-state index is 11.8. The van der Waals surface area contributed by atoms with Crippen molar-refractivity contribution in [1.29, 1.82) is 0 Å². The Bertz CT molecular complexity index is 362. The zero-order chi connectivity index (χ0) is 16.0. The Morgan fingerprint density at radius 2 is 1.70 bits per heavy atom. The molecule has 0 spiro atoms. The van der Waals surface area contributed by atoms with Gasteiger partial charge in [0.1, 0.15) is 11.6 Å². The molecule has 2 amide bonds. The number of hydrogen-bond acceptors (Lipinski definition) is 3. The second-order valence-corrected chi connectivity index (χ2v) is 6.82. The fourth-order valence-electron chi connectivity index (χ4n) is 1.41. The summed E-state index contributed by atoms with van der Waals surface area (Å²) in [6.07, 6.45) is 3.75. The van der Waals surface area contributed by atoms with E-state index in [0.717, 1.165) is 0 Å². The van der Waals surface area contributed by atoms with Crippen molar-refractivity contribution in [1.82, 2.24) is 10.6 Å². The van der Waals surface area contributed by atoms with E-state index in [4.69, 9.17) is 4.74 Å². The number of amides is 2. The summed E-state index contributed by atoms with van der Waals surface area (Å²) in [4.78, 5) is 23.5. The molecule has 0 saturated heterocycles. The Balaban J connectivity index is 4.63. The van der Waals surface area contributed by atoms with E-state index in [1.54, 1.807) is 27.8 Å². The second-order valence-electron chi connectivity index (χ2n) is 6.82.